The van der Waals surface area contributed by atoms with Crippen molar-refractivity contribution in [2.24, 2.45) is 5.84 Å². The van der Waals surface area contributed by atoms with Gasteiger partial charge in [0.25, 0.3) is 10.0 Å². The quantitative estimate of drug-likeness (QED) is 0.0100. The van der Waals surface area contributed by atoms with E-state index in [2.05, 4.69) is 72.1 Å². The molecule has 20 rings (SSSR count). The van der Waals surface area contributed by atoms with E-state index in [9.17, 15) is 43.5 Å². The fourth-order valence-electron chi connectivity index (χ4n) is 24.7. The van der Waals surface area contributed by atoms with Gasteiger partial charge < -0.3 is 133 Å². The van der Waals surface area contributed by atoms with Crippen molar-refractivity contribution in [1.29, 1.82) is 0 Å². The number of hydrogen-bond acceptors (Lipinski definition) is 31. The molecule has 6 bridgehead atoms. The third-order valence-electron chi connectivity index (χ3n) is 30.9. The number of hydrazine groups is 1. The van der Waals surface area contributed by atoms with Crippen molar-refractivity contribution in [3.8, 4) is 36.5 Å². The van der Waals surface area contributed by atoms with Gasteiger partial charge in [-0.15, -0.1) is 12.8 Å². The first-order valence-electron chi connectivity index (χ1n) is 52.8. The third kappa shape index (κ3) is 29.5. The molecule has 34 atom stereocenters. The van der Waals surface area contributed by atoms with Crippen molar-refractivity contribution in [1.82, 2.24) is 4.83 Å². The Morgan fingerprint density at radius 3 is 1.37 bits per heavy atom. The topological polar surface area (TPSA) is 460 Å². The molecule has 1 aromatic rings. The predicted molar refractivity (Wildman–Crippen MR) is 529 cm³/mol. The van der Waals surface area contributed by atoms with E-state index in [0.29, 0.717) is 48.7 Å². The minimum absolute atomic E-state index is 0. The van der Waals surface area contributed by atoms with Gasteiger partial charge in [-0.2, -0.15) is 4.83 Å². The molecule has 1 aromatic carbocycles. The van der Waals surface area contributed by atoms with Crippen LogP contribution in [-0.2, 0) is 100 Å². The number of hydrogen-bond donors (Lipinski definition) is 11. The number of benzene rings is 1. The number of epoxide rings is 2. The predicted octanol–water partition coefficient (Wildman–Crippen LogP) is 6.98. The van der Waals surface area contributed by atoms with Crippen molar-refractivity contribution in [2.75, 3.05) is 46.2 Å². The van der Waals surface area contributed by atoms with Crippen LogP contribution < -0.4 is 40.2 Å². The summed E-state index contributed by atoms with van der Waals surface area (Å²) in [7, 11) is -3.55. The van der Waals surface area contributed by atoms with Crippen LogP contribution in [0.4, 0.5) is 0 Å². The molecular formula is C107H173BN2NaO30S. The number of aryl methyl sites for hydroxylation is 3. The van der Waals surface area contributed by atoms with Crippen molar-refractivity contribution in [3.05, 3.63) is 41.0 Å². The van der Waals surface area contributed by atoms with Gasteiger partial charge in [0.2, 0.25) is 0 Å². The molecule has 18 fully saturated rings. The second kappa shape index (κ2) is 57.9. The summed E-state index contributed by atoms with van der Waals surface area (Å²) in [5.41, 5.74) is -0.637. The number of aldehydes is 1. The molecule has 3 spiro atoms. The van der Waals surface area contributed by atoms with Gasteiger partial charge in [-0.05, 0) is 193 Å². The number of rotatable bonds is 23. The Bertz CT molecular complexity index is 4260. The summed E-state index contributed by atoms with van der Waals surface area (Å²) in [6.45, 7) is 26.5. The average Bonchev–Trinajstić information content (AvgIpc) is 1.53. The number of terminal acetylenes is 2. The molecule has 32 nitrogen and oxygen atoms in total. The average molecular weight is 2030 g/mol. The first-order chi connectivity index (χ1) is 67.4. The van der Waals surface area contributed by atoms with E-state index >= 15 is 0 Å². The number of nitrogens with one attached hydrogen (secondary N) is 1. The monoisotopic (exact) mass is 2030 g/mol. The Hall–Kier alpha value is -3.42. The van der Waals surface area contributed by atoms with Crippen LogP contribution in [0.25, 0.3) is 0 Å². The maximum atomic E-state index is 11.9. The summed E-state index contributed by atoms with van der Waals surface area (Å²) < 4.78 is 118. The minimum atomic E-state index is -3.55. The largest absolute Gasteiger partial charge is 1.00 e. The van der Waals surface area contributed by atoms with E-state index in [4.69, 9.17) is 120 Å². The van der Waals surface area contributed by atoms with Gasteiger partial charge >= 0.3 is 29.6 Å². The summed E-state index contributed by atoms with van der Waals surface area (Å²) in [6, 6.07) is 3.63. The second-order valence-corrected chi connectivity index (χ2v) is 42.9. The van der Waals surface area contributed by atoms with Crippen LogP contribution in [0, 0.1) is 57.3 Å². The Balaban J connectivity index is 0.000000219. The number of sulfonamides is 1. The van der Waals surface area contributed by atoms with Crippen LogP contribution in [-0.4, -0.2) is 332 Å². The second-order valence-electron chi connectivity index (χ2n) is 41.2. The van der Waals surface area contributed by atoms with Crippen LogP contribution >= 0.6 is 0 Å². The van der Waals surface area contributed by atoms with E-state index in [1.165, 1.54) is 6.42 Å². The number of ketones is 1. The van der Waals surface area contributed by atoms with E-state index in [-0.39, 0.29) is 247 Å². The number of carbonyl (C=O) groups excluding carboxylic acids is 3. The number of ether oxygens (including phenoxy) is 16. The van der Waals surface area contributed by atoms with Gasteiger partial charge in [0, 0.05) is 73.2 Å². The van der Waals surface area contributed by atoms with Gasteiger partial charge in [-0.3, -0.25) is 10.6 Å². The first-order valence-corrected chi connectivity index (χ1v) is 54.3. The molecule has 4 unspecified atom stereocenters. The Labute approximate surface area is 871 Å². The summed E-state index contributed by atoms with van der Waals surface area (Å²) >= 11 is 0. The van der Waals surface area contributed by atoms with Gasteiger partial charge in [0.1, 0.15) is 102 Å². The molecule has 12 N–H and O–H groups in total. The molecule has 19 aliphatic rings. The molecule has 0 amide bonds. The fraction of sp³-hybridized carbons (Fsp3) is 0.841. The number of aliphatic hydroxyl groups excluding tert-OH is 9. The number of aliphatic hydroxyl groups is 9. The minimum Gasteiger partial charge on any atom is -1.00 e. The van der Waals surface area contributed by atoms with Crippen LogP contribution in [0.3, 0.4) is 0 Å². The molecule has 142 heavy (non-hydrogen) atoms. The fourth-order valence-corrected chi connectivity index (χ4v) is 25.8. The summed E-state index contributed by atoms with van der Waals surface area (Å²) in [5.74, 6) is 15.8. The van der Waals surface area contributed by atoms with Crippen LogP contribution in [0.15, 0.2) is 29.2 Å². The maximum Gasteiger partial charge on any atom is 1.00 e. The smallest absolute Gasteiger partial charge is 1.00 e. The number of fused-ring (bicyclic) bond motifs is 9. The van der Waals surface area contributed by atoms with Gasteiger partial charge in [-0.1, -0.05) is 147 Å². The number of nitrogens with two attached hydrogens (primary N) is 1. The van der Waals surface area contributed by atoms with Crippen molar-refractivity contribution in [2.45, 2.75) is 530 Å². The van der Waals surface area contributed by atoms with Crippen LogP contribution in [0.2, 0.25) is 0 Å². The SMILES string of the molecule is C#C[C@H]1C[C@]2(C=O)O[C@@H](CCC)CC[C@@H]2O1.C#C[C@H]1C[C@]2(CO)O[C@@H](CCC)CC[C@@H]2O1.C=O.CCCC1CC[C@@H]2O[C@@H]3C[C@@]2(O1)[C@H]1OC1[C@H]3O.CCCC1CC[C@@H]2O[C@@H]3C[C@@]2(O1)[C@H]1O[C@H]1C3=O.CCCC1CC[C@@H]2O[C@@H]3C[C@]2(C=C[C@H]3O)O1.CCC[C@H]1CC[C@@H]2O[C@@H](C#CCO)C[C@]2(CO)O1.CCC[C@H]1CC[C@@H]2O[C@@H](CCCO)C[C@]2(CO)O1.CCO.CCO.Cc1cc(C)c(S(=O)(=O)NN)c(C)c1.[B].[H-].[Na+]. The molecule has 16 heterocycles. The zero-order valence-electron chi connectivity index (χ0n) is 88.1. The molecule has 0 aromatic heterocycles. The summed E-state index contributed by atoms with van der Waals surface area (Å²) in [5, 5.41) is 81.5. The number of carbonyl (C=O) groups is 3. The molecule has 16 saturated heterocycles. The first kappa shape index (κ1) is 124. The molecule has 16 aliphatic heterocycles. The van der Waals surface area contributed by atoms with Crippen molar-refractivity contribution >= 4 is 37.3 Å². The number of Topliss-reactive ketones (excluding diaryl/α,β-unsaturated/α-hetero) is 1. The zero-order chi connectivity index (χ0) is 102. The van der Waals surface area contributed by atoms with E-state index in [1.54, 1.807) is 27.7 Å². The zero-order valence-corrected chi connectivity index (χ0v) is 89.9. The molecule has 3 aliphatic carbocycles. The normalized spacial score (nSPS) is 40.5. The van der Waals surface area contributed by atoms with Crippen molar-refractivity contribution in [3.63, 3.8) is 0 Å². The van der Waals surface area contributed by atoms with E-state index in [1.807, 2.05) is 42.8 Å². The van der Waals surface area contributed by atoms with Crippen molar-refractivity contribution < 1.29 is 176 Å². The maximum absolute atomic E-state index is 11.9. The third-order valence-corrected chi connectivity index (χ3v) is 32.4. The Morgan fingerprint density at radius 1 is 0.479 bits per heavy atom. The summed E-state index contributed by atoms with van der Waals surface area (Å²) in [6.07, 6.45) is 51.7. The molecule has 801 valence electrons. The van der Waals surface area contributed by atoms with Crippen LogP contribution in [0.5, 0.6) is 0 Å². The van der Waals surface area contributed by atoms with E-state index < -0.39 is 44.6 Å². The van der Waals surface area contributed by atoms with Gasteiger partial charge in [-0.25, -0.2) is 8.42 Å². The van der Waals surface area contributed by atoms with Gasteiger partial charge in [0.05, 0.1) is 135 Å². The van der Waals surface area contributed by atoms with E-state index in [0.717, 1.165) is 224 Å². The summed E-state index contributed by atoms with van der Waals surface area (Å²) in [4.78, 5) is 33.3. The Kier molecular flexibility index (Phi) is 50.4. The molecular weight excluding hydrogens is 1860 g/mol. The molecule has 35 heteroatoms. The Morgan fingerprint density at radius 2 is 0.894 bits per heavy atom. The standard InChI is InChI=1S/C14H26O4.C14H22O4.C13H20O4.C13H18O4.2C13H20O3.C13H18O3.C9H14N2O2S.2C2H6O.CH2O.B.Na.H/c2*1-2-4-11-6-7-13-14(10-16,18-11)9-12(17-13)5-3-8-15;2*1-2-3-7-4-5-9-13(17-7)6-8(15-9)10(14)11-12(13)16-11;1-2-3-9-4-5-12-13(16-9)7-6-10(14)11(8-13)15-12;2*1-3-5-11-6-7-12-13(9-14,16-11)8-10(4-2)15-12;1-6-4-7(2)9(8(3)5-6)14(12,13)11-10;2*1-2-3;1-2;;;/h11-13,15-16H,2-10H2,1H3;11-13,15-16H,2,4,6-10H2,1H3;7-12,14H,2-6H2,1H3;7-9,11-12H,2-6H2,1H3;6-7,9-12,14H,2-5,8H2,1H3;2,10-12,14H,3,5-9H2,1H3;2,9-12H,3,5-8H2,1H3;4-5,11H,10H2,1-3H3;2*3H,2H2,1H3;1H2;;;/q;;;;;;;;;;;;+1;-1/t2*11-,12-,13-,14+;7?,8-,9+,10+,11?,12+,13+;7?,8-,9+,11+,12+,13+;9?,10-,11-,12+,13+;2*10-,11-,12-,13+;;;;;;;/m0011100......./s1. The molecule has 2 saturated carbocycles. The van der Waals surface area contributed by atoms with Crippen LogP contribution in [0.1, 0.15) is 318 Å². The molecule has 3 radical (unpaired) electrons. The van der Waals surface area contributed by atoms with Gasteiger partial charge in [0.15, 0.2) is 17.7 Å².